The lowest BCUT2D eigenvalue weighted by Crippen LogP contribution is -2.32. The van der Waals surface area contributed by atoms with Crippen molar-refractivity contribution in [3.63, 3.8) is 0 Å². The van der Waals surface area contributed by atoms with Crippen molar-refractivity contribution >= 4 is 27.3 Å². The summed E-state index contributed by atoms with van der Waals surface area (Å²) < 4.78 is 46.8. The number of thiophene rings is 1. The van der Waals surface area contributed by atoms with Crippen molar-refractivity contribution in [3.05, 3.63) is 87.9 Å². The summed E-state index contributed by atoms with van der Waals surface area (Å²) in [6.45, 7) is 0.839. The summed E-state index contributed by atoms with van der Waals surface area (Å²) in [6, 6.07) is 15.1. The minimum absolute atomic E-state index is 0.0117. The molecule has 0 spiro atoms. The van der Waals surface area contributed by atoms with Gasteiger partial charge in [-0.1, -0.05) is 24.3 Å². The lowest BCUT2D eigenvalue weighted by atomic mass is 10.0. The fraction of sp³-hybridized carbons (Fsp3) is 0.261. The van der Waals surface area contributed by atoms with Crippen LogP contribution in [0.4, 0.5) is 4.39 Å². The monoisotopic (exact) mass is 474 g/mol. The SMILES string of the molecule is O=C(NC(c1ccc(F)cc1)c1cccs1)c1cccc(S(=O)(=O)NCC2CCCO2)c1. The Morgan fingerprint density at radius 2 is 1.97 bits per heavy atom. The molecule has 32 heavy (non-hydrogen) atoms. The van der Waals surface area contributed by atoms with Gasteiger partial charge in [-0.3, -0.25) is 4.79 Å². The van der Waals surface area contributed by atoms with E-state index < -0.39 is 22.0 Å². The van der Waals surface area contributed by atoms with Crippen LogP contribution in [0.1, 0.15) is 39.7 Å². The third-order valence-corrected chi connectivity index (χ3v) is 7.60. The van der Waals surface area contributed by atoms with Gasteiger partial charge < -0.3 is 10.1 Å². The van der Waals surface area contributed by atoms with Gasteiger partial charge in [0.05, 0.1) is 17.0 Å². The average molecular weight is 475 g/mol. The Balaban J connectivity index is 1.52. The second-order valence-electron chi connectivity index (χ2n) is 7.49. The van der Waals surface area contributed by atoms with Crippen molar-refractivity contribution in [2.45, 2.75) is 29.9 Å². The van der Waals surface area contributed by atoms with Gasteiger partial charge in [0, 0.05) is 23.6 Å². The largest absolute Gasteiger partial charge is 0.377 e. The molecule has 0 radical (unpaired) electrons. The Morgan fingerprint density at radius 1 is 1.16 bits per heavy atom. The summed E-state index contributed by atoms with van der Waals surface area (Å²) in [5, 5.41) is 4.83. The first kappa shape index (κ1) is 22.6. The first-order valence-electron chi connectivity index (χ1n) is 10.2. The third kappa shape index (κ3) is 5.42. The zero-order valence-corrected chi connectivity index (χ0v) is 18.8. The number of halogens is 1. The van der Waals surface area contributed by atoms with Gasteiger partial charge in [-0.2, -0.15) is 0 Å². The van der Waals surface area contributed by atoms with Gasteiger partial charge in [-0.15, -0.1) is 11.3 Å². The number of carbonyl (C=O) groups is 1. The van der Waals surface area contributed by atoms with E-state index in [4.69, 9.17) is 4.74 Å². The summed E-state index contributed by atoms with van der Waals surface area (Å²) in [6.07, 6.45) is 1.61. The molecular formula is C23H23FN2O4S2. The molecule has 1 amide bonds. The van der Waals surface area contributed by atoms with E-state index in [1.807, 2.05) is 17.5 Å². The standard InChI is InChI=1S/C23H23FN2O4S2/c24-18-10-8-16(9-11-18)22(21-7-3-13-31-21)26-23(27)17-4-1-6-20(14-17)32(28,29)25-15-19-5-2-12-30-19/h1,3-4,6-11,13-14,19,22,25H,2,5,12,15H2,(H,26,27). The van der Waals surface area contributed by atoms with Crippen molar-refractivity contribution < 1.29 is 22.3 Å². The van der Waals surface area contributed by atoms with Crippen LogP contribution in [0.2, 0.25) is 0 Å². The van der Waals surface area contributed by atoms with Crippen LogP contribution in [0, 0.1) is 5.82 Å². The molecule has 1 aliphatic rings. The number of sulfonamides is 1. The highest BCUT2D eigenvalue weighted by atomic mass is 32.2. The second-order valence-corrected chi connectivity index (χ2v) is 10.2. The van der Waals surface area contributed by atoms with E-state index in [0.29, 0.717) is 6.61 Å². The maximum absolute atomic E-state index is 13.4. The highest BCUT2D eigenvalue weighted by Gasteiger charge is 2.23. The van der Waals surface area contributed by atoms with Crippen molar-refractivity contribution in [2.24, 2.45) is 0 Å². The quantitative estimate of drug-likeness (QED) is 0.519. The van der Waals surface area contributed by atoms with Gasteiger partial charge in [-0.25, -0.2) is 17.5 Å². The van der Waals surface area contributed by atoms with Crippen LogP contribution in [-0.4, -0.2) is 33.6 Å². The number of rotatable bonds is 8. The van der Waals surface area contributed by atoms with Crippen molar-refractivity contribution in [3.8, 4) is 0 Å². The van der Waals surface area contributed by atoms with Crippen LogP contribution in [0.5, 0.6) is 0 Å². The first-order valence-corrected chi connectivity index (χ1v) is 12.6. The molecule has 168 valence electrons. The fourth-order valence-corrected chi connectivity index (χ4v) is 5.45. The van der Waals surface area contributed by atoms with E-state index >= 15 is 0 Å². The van der Waals surface area contributed by atoms with Crippen LogP contribution in [-0.2, 0) is 14.8 Å². The number of nitrogens with one attached hydrogen (secondary N) is 2. The van der Waals surface area contributed by atoms with E-state index in [2.05, 4.69) is 10.0 Å². The smallest absolute Gasteiger partial charge is 0.252 e. The lowest BCUT2D eigenvalue weighted by Gasteiger charge is -2.18. The molecule has 1 aromatic heterocycles. The number of hydrogen-bond acceptors (Lipinski definition) is 5. The van der Waals surface area contributed by atoms with E-state index in [-0.39, 0.29) is 28.9 Å². The highest BCUT2D eigenvalue weighted by Crippen LogP contribution is 2.27. The summed E-state index contributed by atoms with van der Waals surface area (Å²) >= 11 is 1.47. The van der Waals surface area contributed by atoms with Gasteiger partial charge in [-0.05, 0) is 60.2 Å². The molecule has 2 unspecified atom stereocenters. The van der Waals surface area contributed by atoms with Gasteiger partial charge >= 0.3 is 0 Å². The molecule has 1 fully saturated rings. The topological polar surface area (TPSA) is 84.5 Å². The lowest BCUT2D eigenvalue weighted by molar-refractivity contribution is 0.0943. The van der Waals surface area contributed by atoms with E-state index in [1.165, 1.54) is 41.7 Å². The fourth-order valence-electron chi connectivity index (χ4n) is 3.54. The molecule has 2 aromatic carbocycles. The third-order valence-electron chi connectivity index (χ3n) is 5.24. The van der Waals surface area contributed by atoms with Crippen LogP contribution < -0.4 is 10.0 Å². The maximum atomic E-state index is 13.4. The molecule has 6 nitrogen and oxygen atoms in total. The van der Waals surface area contributed by atoms with Crippen LogP contribution in [0.25, 0.3) is 0 Å². The average Bonchev–Trinajstić information content (AvgIpc) is 3.51. The van der Waals surface area contributed by atoms with Gasteiger partial charge in [0.15, 0.2) is 0 Å². The Hall–Kier alpha value is -2.59. The summed E-state index contributed by atoms with van der Waals surface area (Å²) in [7, 11) is -3.78. The predicted molar refractivity (Wildman–Crippen MR) is 121 cm³/mol. The number of benzene rings is 2. The first-order chi connectivity index (χ1) is 15.4. The minimum atomic E-state index is -3.78. The molecule has 0 aliphatic carbocycles. The van der Waals surface area contributed by atoms with Crippen LogP contribution in [0.15, 0.2) is 70.9 Å². The molecular weight excluding hydrogens is 451 g/mol. The normalized spacial score (nSPS) is 17.2. The van der Waals surface area contributed by atoms with E-state index in [9.17, 15) is 17.6 Å². The molecule has 4 rings (SSSR count). The molecule has 1 saturated heterocycles. The van der Waals surface area contributed by atoms with Crippen molar-refractivity contribution in [1.82, 2.24) is 10.0 Å². The number of amides is 1. The molecule has 9 heteroatoms. The van der Waals surface area contributed by atoms with E-state index in [0.717, 1.165) is 23.3 Å². The molecule has 2 atom stereocenters. The van der Waals surface area contributed by atoms with Gasteiger partial charge in [0.25, 0.3) is 5.91 Å². The van der Waals surface area contributed by atoms with Crippen LogP contribution >= 0.6 is 11.3 Å². The van der Waals surface area contributed by atoms with E-state index in [1.54, 1.807) is 18.2 Å². The zero-order chi connectivity index (χ0) is 22.6. The van der Waals surface area contributed by atoms with Gasteiger partial charge in [0.1, 0.15) is 5.82 Å². The maximum Gasteiger partial charge on any atom is 0.252 e. The highest BCUT2D eigenvalue weighted by molar-refractivity contribution is 7.89. The number of hydrogen-bond donors (Lipinski definition) is 2. The summed E-state index contributed by atoms with van der Waals surface area (Å²) in [5.41, 5.74) is 0.942. The summed E-state index contributed by atoms with van der Waals surface area (Å²) in [5.74, 6) is -0.790. The minimum Gasteiger partial charge on any atom is -0.377 e. The van der Waals surface area contributed by atoms with Crippen molar-refractivity contribution in [1.29, 1.82) is 0 Å². The zero-order valence-electron chi connectivity index (χ0n) is 17.2. The Labute approximate surface area is 190 Å². The molecule has 1 aliphatic heterocycles. The Kier molecular flexibility index (Phi) is 7.00. The number of ether oxygens (including phenoxy) is 1. The van der Waals surface area contributed by atoms with Crippen molar-refractivity contribution in [2.75, 3.05) is 13.2 Å². The number of carbonyl (C=O) groups excluding carboxylic acids is 1. The molecule has 2 N–H and O–H groups in total. The molecule has 3 aromatic rings. The Morgan fingerprint density at radius 3 is 2.66 bits per heavy atom. The molecule has 2 heterocycles. The Bertz CT molecular complexity index is 1160. The molecule has 0 saturated carbocycles. The predicted octanol–water partition coefficient (Wildman–Crippen LogP) is 3.86. The second kappa shape index (κ2) is 9.91. The molecule has 0 bridgehead atoms. The van der Waals surface area contributed by atoms with Gasteiger partial charge in [0.2, 0.25) is 10.0 Å². The van der Waals surface area contributed by atoms with Crippen LogP contribution in [0.3, 0.4) is 0 Å². The summed E-state index contributed by atoms with van der Waals surface area (Å²) in [4.78, 5) is 13.9.